The zero-order valence-corrected chi connectivity index (χ0v) is 7.30. The summed E-state index contributed by atoms with van der Waals surface area (Å²) in [6.07, 6.45) is 3.32. The van der Waals surface area contributed by atoms with E-state index in [9.17, 15) is 0 Å². The van der Waals surface area contributed by atoms with Crippen LogP contribution in [0.2, 0.25) is 0 Å². The predicted octanol–water partition coefficient (Wildman–Crippen LogP) is 0.990. The lowest BCUT2D eigenvalue weighted by molar-refractivity contribution is 0.175. The highest BCUT2D eigenvalue weighted by atomic mass is 15.4. The van der Waals surface area contributed by atoms with Gasteiger partial charge in [0.25, 0.3) is 0 Å². The van der Waals surface area contributed by atoms with E-state index < -0.39 is 0 Å². The fraction of sp³-hybridized carbons (Fsp3) is 1.00. The first-order chi connectivity index (χ1) is 4.75. The van der Waals surface area contributed by atoms with Gasteiger partial charge in [0.05, 0.1) is 6.17 Å². The van der Waals surface area contributed by atoms with Crippen molar-refractivity contribution in [1.82, 2.24) is 9.80 Å². The van der Waals surface area contributed by atoms with Gasteiger partial charge in [0, 0.05) is 13.1 Å². The van der Waals surface area contributed by atoms with Crippen LogP contribution in [0, 0.1) is 0 Å². The predicted molar refractivity (Wildman–Crippen MR) is 44.0 cm³/mol. The van der Waals surface area contributed by atoms with Gasteiger partial charge < -0.3 is 0 Å². The second-order valence-electron chi connectivity index (χ2n) is 3.23. The summed E-state index contributed by atoms with van der Waals surface area (Å²) in [6, 6.07) is 0. The Morgan fingerprint density at radius 3 is 2.10 bits per heavy atom. The summed E-state index contributed by atoms with van der Waals surface area (Å²) in [6.45, 7) is 4.72. The highest BCUT2D eigenvalue weighted by Crippen LogP contribution is 2.14. The van der Waals surface area contributed by atoms with Crippen molar-refractivity contribution in [2.75, 3.05) is 27.2 Å². The Hall–Kier alpha value is -0.0800. The summed E-state index contributed by atoms with van der Waals surface area (Å²) in [4.78, 5) is 4.87. The van der Waals surface area contributed by atoms with Crippen LogP contribution in [0.4, 0.5) is 0 Å². The van der Waals surface area contributed by atoms with Gasteiger partial charge in [-0.15, -0.1) is 0 Å². The molecule has 10 heavy (non-hydrogen) atoms. The first-order valence-electron chi connectivity index (χ1n) is 4.16. The van der Waals surface area contributed by atoms with Gasteiger partial charge in [-0.1, -0.05) is 13.3 Å². The maximum Gasteiger partial charge on any atom is 0.0618 e. The molecule has 1 aliphatic heterocycles. The molecule has 2 heteroatoms. The molecule has 1 heterocycles. The van der Waals surface area contributed by atoms with Crippen molar-refractivity contribution >= 4 is 0 Å². The Bertz CT molecular complexity index is 93.4. The van der Waals surface area contributed by atoms with Crippen LogP contribution < -0.4 is 0 Å². The van der Waals surface area contributed by atoms with Gasteiger partial charge in [0.2, 0.25) is 0 Å². The molecule has 0 aliphatic carbocycles. The van der Waals surface area contributed by atoms with E-state index >= 15 is 0 Å². The maximum absolute atomic E-state index is 2.43. The second-order valence-corrected chi connectivity index (χ2v) is 3.23. The molecule has 0 aromatic carbocycles. The standard InChI is InChI=1S/C8H18N2/c1-4-5-8-9(2)6-7-10(8)3/h8H,4-7H2,1-3H3. The van der Waals surface area contributed by atoms with E-state index in [-0.39, 0.29) is 0 Å². The van der Waals surface area contributed by atoms with Gasteiger partial charge in [-0.05, 0) is 20.5 Å². The molecule has 1 rings (SSSR count). The fourth-order valence-corrected chi connectivity index (χ4v) is 1.65. The van der Waals surface area contributed by atoms with Gasteiger partial charge in [-0.2, -0.15) is 0 Å². The molecule has 2 nitrogen and oxygen atoms in total. The Balaban J connectivity index is 2.38. The molecule has 1 fully saturated rings. The van der Waals surface area contributed by atoms with Crippen LogP contribution in [0.3, 0.4) is 0 Å². The third-order valence-electron chi connectivity index (χ3n) is 2.37. The monoisotopic (exact) mass is 142 g/mol. The van der Waals surface area contributed by atoms with E-state index in [0.717, 1.165) is 0 Å². The summed E-state index contributed by atoms with van der Waals surface area (Å²) in [5.74, 6) is 0. The smallest absolute Gasteiger partial charge is 0.0618 e. The largest absolute Gasteiger partial charge is 0.290 e. The number of nitrogens with zero attached hydrogens (tertiary/aromatic N) is 2. The average molecular weight is 142 g/mol. The molecule has 0 saturated carbocycles. The fourth-order valence-electron chi connectivity index (χ4n) is 1.65. The molecule has 0 spiro atoms. The minimum atomic E-state index is 0.713. The molecule has 0 aromatic heterocycles. The Kier molecular flexibility index (Phi) is 2.69. The molecule has 0 atom stereocenters. The molecule has 1 aliphatic rings. The van der Waals surface area contributed by atoms with E-state index in [0.29, 0.717) is 6.17 Å². The normalized spacial score (nSPS) is 24.3. The van der Waals surface area contributed by atoms with Gasteiger partial charge in [-0.25, -0.2) is 0 Å². The van der Waals surface area contributed by atoms with Crippen molar-refractivity contribution in [1.29, 1.82) is 0 Å². The molecule has 0 radical (unpaired) electrons. The summed E-state index contributed by atoms with van der Waals surface area (Å²) in [7, 11) is 4.42. The summed E-state index contributed by atoms with van der Waals surface area (Å²) >= 11 is 0. The SMILES string of the molecule is CCCC1N(C)CCN1C. The topological polar surface area (TPSA) is 6.48 Å². The van der Waals surface area contributed by atoms with E-state index in [1.807, 2.05) is 0 Å². The van der Waals surface area contributed by atoms with Crippen molar-refractivity contribution in [3.8, 4) is 0 Å². The van der Waals surface area contributed by atoms with Crippen molar-refractivity contribution in [3.63, 3.8) is 0 Å². The third kappa shape index (κ3) is 1.50. The molecule has 60 valence electrons. The summed E-state index contributed by atoms with van der Waals surface area (Å²) < 4.78 is 0. The molecule has 0 unspecified atom stereocenters. The molecular formula is C8H18N2. The lowest BCUT2D eigenvalue weighted by atomic mass is 10.2. The molecule has 0 N–H and O–H groups in total. The maximum atomic E-state index is 2.43. The Morgan fingerprint density at radius 1 is 1.20 bits per heavy atom. The minimum absolute atomic E-state index is 0.713. The van der Waals surface area contributed by atoms with Crippen LogP contribution in [0.1, 0.15) is 19.8 Å². The first kappa shape index (κ1) is 8.02. The van der Waals surface area contributed by atoms with Gasteiger partial charge in [0.1, 0.15) is 0 Å². The van der Waals surface area contributed by atoms with Crippen molar-refractivity contribution in [2.24, 2.45) is 0 Å². The third-order valence-corrected chi connectivity index (χ3v) is 2.37. The van der Waals surface area contributed by atoms with Crippen molar-refractivity contribution in [3.05, 3.63) is 0 Å². The van der Waals surface area contributed by atoms with Gasteiger partial charge >= 0.3 is 0 Å². The lowest BCUT2D eigenvalue weighted by Crippen LogP contribution is -2.33. The lowest BCUT2D eigenvalue weighted by Gasteiger charge is -2.23. The van der Waals surface area contributed by atoms with E-state index in [4.69, 9.17) is 0 Å². The van der Waals surface area contributed by atoms with Crippen LogP contribution >= 0.6 is 0 Å². The van der Waals surface area contributed by atoms with Crippen LogP contribution in [-0.2, 0) is 0 Å². The summed E-state index contributed by atoms with van der Waals surface area (Å²) in [5, 5.41) is 0. The van der Waals surface area contributed by atoms with E-state index in [2.05, 4.69) is 30.8 Å². The Morgan fingerprint density at radius 2 is 1.70 bits per heavy atom. The van der Waals surface area contributed by atoms with Crippen LogP contribution in [0.5, 0.6) is 0 Å². The quantitative estimate of drug-likeness (QED) is 0.567. The van der Waals surface area contributed by atoms with Crippen LogP contribution in [-0.4, -0.2) is 43.2 Å². The zero-order chi connectivity index (χ0) is 7.56. The van der Waals surface area contributed by atoms with E-state index in [1.54, 1.807) is 0 Å². The molecule has 0 amide bonds. The highest BCUT2D eigenvalue weighted by molar-refractivity contribution is 4.75. The Labute approximate surface area is 63.8 Å². The molecule has 0 aromatic rings. The van der Waals surface area contributed by atoms with Gasteiger partial charge in [0.15, 0.2) is 0 Å². The van der Waals surface area contributed by atoms with Crippen LogP contribution in [0.15, 0.2) is 0 Å². The molecule has 0 bridgehead atoms. The number of hydrogen-bond acceptors (Lipinski definition) is 2. The number of rotatable bonds is 2. The molecular weight excluding hydrogens is 124 g/mol. The van der Waals surface area contributed by atoms with Gasteiger partial charge in [-0.3, -0.25) is 9.80 Å². The minimum Gasteiger partial charge on any atom is -0.290 e. The van der Waals surface area contributed by atoms with E-state index in [1.165, 1.54) is 25.9 Å². The second kappa shape index (κ2) is 3.35. The number of hydrogen-bond donors (Lipinski definition) is 0. The zero-order valence-electron chi connectivity index (χ0n) is 7.30. The first-order valence-corrected chi connectivity index (χ1v) is 4.16. The van der Waals surface area contributed by atoms with Crippen molar-refractivity contribution in [2.45, 2.75) is 25.9 Å². The summed E-state index contributed by atoms with van der Waals surface area (Å²) in [5.41, 5.74) is 0. The van der Waals surface area contributed by atoms with Crippen LogP contribution in [0.25, 0.3) is 0 Å². The highest BCUT2D eigenvalue weighted by Gasteiger charge is 2.24. The molecule has 1 saturated heterocycles. The number of likely N-dealkylation sites (N-methyl/N-ethyl adjacent to an activating group) is 2. The average Bonchev–Trinajstić information content (AvgIpc) is 2.20. The van der Waals surface area contributed by atoms with Crippen molar-refractivity contribution < 1.29 is 0 Å².